The van der Waals surface area contributed by atoms with E-state index in [1.54, 1.807) is 12.1 Å². The molecule has 0 aromatic heterocycles. The molecule has 28 heavy (non-hydrogen) atoms. The topological polar surface area (TPSA) is 122 Å². The molecule has 0 unspecified atom stereocenters. The Labute approximate surface area is 174 Å². The van der Waals surface area contributed by atoms with Crippen LogP contribution in [0.3, 0.4) is 0 Å². The lowest BCUT2D eigenvalue weighted by molar-refractivity contribution is -0.384. The Hall–Kier alpha value is -2.34. The highest BCUT2D eigenvalue weighted by molar-refractivity contribution is 9.10. The first-order chi connectivity index (χ1) is 13.1. The first-order valence-electron chi connectivity index (χ1n) is 7.59. The van der Waals surface area contributed by atoms with Gasteiger partial charge in [0.1, 0.15) is 0 Å². The third kappa shape index (κ3) is 5.58. The van der Waals surface area contributed by atoms with Gasteiger partial charge < -0.3 is 0 Å². The Morgan fingerprint density at radius 2 is 1.96 bits per heavy atom. The number of non-ortho nitro benzene ring substituents is 1. The van der Waals surface area contributed by atoms with Crippen LogP contribution in [0.25, 0.3) is 0 Å². The average Bonchev–Trinajstić information content (AvgIpc) is 2.63. The van der Waals surface area contributed by atoms with E-state index < -0.39 is 27.4 Å². The minimum absolute atomic E-state index is 0.0397. The minimum Gasteiger partial charge on any atom is -0.272 e. The third-order valence-electron chi connectivity index (χ3n) is 3.47. The van der Waals surface area contributed by atoms with Crippen molar-refractivity contribution >= 4 is 55.4 Å². The predicted octanol–water partition coefficient (Wildman–Crippen LogP) is 2.78. The fourth-order valence-corrected chi connectivity index (χ4v) is 3.58. The number of nitrogens with zero attached hydrogens (tertiary/aromatic N) is 3. The van der Waals surface area contributed by atoms with E-state index in [9.17, 15) is 23.3 Å². The van der Waals surface area contributed by atoms with Gasteiger partial charge in [-0.15, -0.1) is 0 Å². The van der Waals surface area contributed by atoms with Gasteiger partial charge in [0.05, 0.1) is 22.6 Å². The number of nitrogens with one attached hydrogen (secondary N) is 1. The highest BCUT2D eigenvalue weighted by Gasteiger charge is 2.22. The van der Waals surface area contributed by atoms with Crippen LogP contribution < -0.4 is 5.43 Å². The second-order valence-corrected chi connectivity index (χ2v) is 8.84. The zero-order chi connectivity index (χ0) is 20.9. The van der Waals surface area contributed by atoms with Crippen LogP contribution in [-0.4, -0.2) is 43.4 Å². The van der Waals surface area contributed by atoms with Crippen LogP contribution in [0, 0.1) is 10.1 Å². The van der Waals surface area contributed by atoms with Crippen molar-refractivity contribution in [3.05, 3.63) is 67.6 Å². The number of hydrogen-bond donors (Lipinski definition) is 1. The molecule has 0 aliphatic heterocycles. The zero-order valence-electron chi connectivity index (χ0n) is 14.4. The summed E-state index contributed by atoms with van der Waals surface area (Å²) in [6.07, 6.45) is 1.14. The van der Waals surface area contributed by atoms with Gasteiger partial charge in [-0.25, -0.2) is 13.8 Å². The smallest absolute Gasteiger partial charge is 0.270 e. The highest BCUT2D eigenvalue weighted by Crippen LogP contribution is 2.20. The summed E-state index contributed by atoms with van der Waals surface area (Å²) < 4.78 is 26.5. The van der Waals surface area contributed by atoms with Gasteiger partial charge in [-0.2, -0.15) is 9.41 Å². The summed E-state index contributed by atoms with van der Waals surface area (Å²) in [5, 5.41) is 14.7. The lowest BCUT2D eigenvalue weighted by Crippen LogP contribution is -2.36. The summed E-state index contributed by atoms with van der Waals surface area (Å²) in [5.74, 6) is -0.694. The Balaban J connectivity index is 2.02. The van der Waals surface area contributed by atoms with Crippen molar-refractivity contribution in [1.82, 2.24) is 9.73 Å². The molecule has 0 spiro atoms. The van der Waals surface area contributed by atoms with Gasteiger partial charge in [0.15, 0.2) is 0 Å². The maximum Gasteiger partial charge on any atom is 0.270 e. The van der Waals surface area contributed by atoms with Crippen LogP contribution in [0.2, 0.25) is 5.02 Å². The minimum atomic E-state index is -3.85. The fraction of sp³-hybridized carbons (Fsp3) is 0.125. The Bertz CT molecular complexity index is 1030. The van der Waals surface area contributed by atoms with Crippen LogP contribution in [0.5, 0.6) is 0 Å². The van der Waals surface area contributed by atoms with Crippen LogP contribution in [-0.2, 0) is 14.8 Å². The first kappa shape index (κ1) is 22.0. The number of benzene rings is 2. The lowest BCUT2D eigenvalue weighted by atomic mass is 10.2. The number of amides is 1. The lowest BCUT2D eigenvalue weighted by Gasteiger charge is -2.16. The molecule has 1 N–H and O–H groups in total. The molecule has 0 aliphatic rings. The summed E-state index contributed by atoms with van der Waals surface area (Å²) in [5.41, 5.74) is 2.20. The molecule has 1 amide bonds. The SMILES string of the molecule is CN(CC(=O)N/N=C\c1cc([N+](=O)[O-])ccc1Cl)S(=O)(=O)c1ccc(Br)cc1. The summed E-state index contributed by atoms with van der Waals surface area (Å²) in [4.78, 5) is 22.2. The number of hydrogen-bond acceptors (Lipinski definition) is 6. The number of rotatable bonds is 7. The van der Waals surface area contributed by atoms with Crippen molar-refractivity contribution in [3.63, 3.8) is 0 Å². The van der Waals surface area contributed by atoms with Crippen molar-refractivity contribution in [3.8, 4) is 0 Å². The number of carbonyl (C=O) groups is 1. The standard InChI is InChI=1S/C16H14BrClN4O5S/c1-21(28(26,27)14-5-2-12(17)3-6-14)10-16(23)20-19-9-11-8-13(22(24)25)4-7-15(11)18/h2-9H,10H2,1H3,(H,20,23)/b19-9-. The largest absolute Gasteiger partial charge is 0.272 e. The van der Waals surface area contributed by atoms with Crippen LogP contribution in [0.4, 0.5) is 5.69 Å². The van der Waals surface area contributed by atoms with Crippen molar-refractivity contribution < 1.29 is 18.1 Å². The molecule has 0 atom stereocenters. The molecule has 0 aliphatic carbocycles. The molecule has 0 radical (unpaired) electrons. The Kier molecular flexibility index (Phi) is 7.24. The van der Waals surface area contributed by atoms with Crippen molar-refractivity contribution in [1.29, 1.82) is 0 Å². The van der Waals surface area contributed by atoms with Gasteiger partial charge in [0, 0.05) is 34.2 Å². The molecular formula is C16H14BrClN4O5S. The molecule has 0 bridgehead atoms. The van der Waals surface area contributed by atoms with E-state index in [0.29, 0.717) is 0 Å². The number of sulfonamides is 1. The van der Waals surface area contributed by atoms with E-state index in [2.05, 4.69) is 26.5 Å². The number of halogens is 2. The number of nitro groups is 1. The van der Waals surface area contributed by atoms with Crippen LogP contribution >= 0.6 is 27.5 Å². The summed E-state index contributed by atoms with van der Waals surface area (Å²) in [6.45, 7) is -0.474. The third-order valence-corrected chi connectivity index (χ3v) is 6.16. The number of nitro benzene ring substituents is 1. The second kappa shape index (κ2) is 9.24. The molecule has 2 aromatic carbocycles. The summed E-state index contributed by atoms with van der Waals surface area (Å²) in [7, 11) is -2.58. The van der Waals surface area contributed by atoms with E-state index in [1.165, 1.54) is 37.4 Å². The van der Waals surface area contributed by atoms with Gasteiger partial charge in [-0.3, -0.25) is 14.9 Å². The second-order valence-electron chi connectivity index (χ2n) is 5.47. The van der Waals surface area contributed by atoms with Gasteiger partial charge >= 0.3 is 0 Å². The molecule has 0 heterocycles. The van der Waals surface area contributed by atoms with Crippen molar-refractivity contribution in [2.75, 3.05) is 13.6 Å². The number of hydrazone groups is 1. The molecule has 0 fully saturated rings. The normalized spacial score (nSPS) is 11.7. The molecule has 0 saturated heterocycles. The van der Waals surface area contributed by atoms with Crippen molar-refractivity contribution in [2.24, 2.45) is 5.10 Å². The van der Waals surface area contributed by atoms with Gasteiger partial charge in [-0.05, 0) is 30.3 Å². The Morgan fingerprint density at radius 1 is 1.32 bits per heavy atom. The molecule has 148 valence electrons. The summed E-state index contributed by atoms with van der Waals surface area (Å²) >= 11 is 9.14. The number of likely N-dealkylation sites (N-methyl/N-ethyl adjacent to an activating group) is 1. The first-order valence-corrected chi connectivity index (χ1v) is 10.2. The van der Waals surface area contributed by atoms with E-state index in [0.717, 1.165) is 15.0 Å². The van der Waals surface area contributed by atoms with Gasteiger partial charge in [0.25, 0.3) is 11.6 Å². The monoisotopic (exact) mass is 488 g/mol. The molecular weight excluding hydrogens is 476 g/mol. The molecule has 12 heteroatoms. The molecule has 2 aromatic rings. The fourth-order valence-electron chi connectivity index (χ4n) is 2.03. The Morgan fingerprint density at radius 3 is 2.57 bits per heavy atom. The van der Waals surface area contributed by atoms with E-state index in [4.69, 9.17) is 11.6 Å². The molecule has 0 saturated carbocycles. The molecule has 9 nitrogen and oxygen atoms in total. The van der Waals surface area contributed by atoms with Crippen LogP contribution in [0.1, 0.15) is 5.56 Å². The maximum absolute atomic E-state index is 12.4. The van der Waals surface area contributed by atoms with Crippen molar-refractivity contribution in [2.45, 2.75) is 4.90 Å². The number of carbonyl (C=O) groups excluding carboxylic acids is 1. The van der Waals surface area contributed by atoms with Gasteiger partial charge in [0.2, 0.25) is 10.0 Å². The molecule has 2 rings (SSSR count). The maximum atomic E-state index is 12.4. The zero-order valence-corrected chi connectivity index (χ0v) is 17.5. The highest BCUT2D eigenvalue weighted by atomic mass is 79.9. The van der Waals surface area contributed by atoms with E-state index in [-0.39, 0.29) is 21.2 Å². The predicted molar refractivity (Wildman–Crippen MR) is 108 cm³/mol. The average molecular weight is 490 g/mol. The van der Waals surface area contributed by atoms with Gasteiger partial charge in [-0.1, -0.05) is 27.5 Å². The van der Waals surface area contributed by atoms with Crippen LogP contribution in [0.15, 0.2) is 56.9 Å². The summed E-state index contributed by atoms with van der Waals surface area (Å²) in [6, 6.07) is 9.75. The van der Waals surface area contributed by atoms with E-state index >= 15 is 0 Å². The quantitative estimate of drug-likeness (QED) is 0.364. The van der Waals surface area contributed by atoms with E-state index in [1.807, 2.05) is 0 Å².